The monoisotopic (exact) mass is 394 g/mol. The van der Waals surface area contributed by atoms with Crippen LogP contribution in [0.2, 0.25) is 0 Å². The Kier molecular flexibility index (Phi) is 9.59. The summed E-state index contributed by atoms with van der Waals surface area (Å²) in [5, 5.41) is 0. The molecule has 2 N–H and O–H groups in total. The molecule has 0 bridgehead atoms. The van der Waals surface area contributed by atoms with Crippen molar-refractivity contribution in [2.24, 2.45) is 10.7 Å². The molecule has 2 aliphatic rings. The topological polar surface area (TPSA) is 44.9 Å². The van der Waals surface area contributed by atoms with Crippen LogP contribution in [0.5, 0.6) is 0 Å². The normalized spacial score (nSPS) is 22.8. The van der Waals surface area contributed by atoms with Crippen molar-refractivity contribution in [3.63, 3.8) is 0 Å². The molecule has 0 aliphatic carbocycles. The van der Waals surface area contributed by atoms with E-state index in [0.29, 0.717) is 0 Å². The number of aliphatic imine (C=N–C) groups is 1. The third-order valence-corrected chi connectivity index (χ3v) is 4.32. The summed E-state index contributed by atoms with van der Waals surface area (Å²) in [5.41, 5.74) is 6.12. The Morgan fingerprint density at radius 2 is 1.30 bits per heavy atom. The average molecular weight is 394 g/mol. The third kappa shape index (κ3) is 6.61. The molecule has 0 spiro atoms. The van der Waals surface area contributed by atoms with Crippen LogP contribution in [0.1, 0.15) is 51.4 Å². The van der Waals surface area contributed by atoms with Crippen molar-refractivity contribution >= 4 is 29.9 Å². The van der Waals surface area contributed by atoms with Gasteiger partial charge in [0.15, 0.2) is 5.96 Å². The highest BCUT2D eigenvalue weighted by molar-refractivity contribution is 14.0. The highest BCUT2D eigenvalue weighted by Gasteiger charge is 2.11. The zero-order chi connectivity index (χ0) is 13.3. The number of likely N-dealkylation sites (tertiary alicyclic amines) is 2. The number of halogens is 1. The van der Waals surface area contributed by atoms with E-state index in [-0.39, 0.29) is 24.0 Å². The van der Waals surface area contributed by atoms with E-state index >= 15 is 0 Å². The van der Waals surface area contributed by atoms with Gasteiger partial charge >= 0.3 is 0 Å². The maximum Gasteiger partial charge on any atom is 0.191 e. The van der Waals surface area contributed by atoms with Gasteiger partial charge in [0, 0.05) is 19.6 Å². The van der Waals surface area contributed by atoms with E-state index < -0.39 is 0 Å². The fraction of sp³-hybridized carbons (Fsp3) is 0.933. The lowest BCUT2D eigenvalue weighted by molar-refractivity contribution is 0.293. The van der Waals surface area contributed by atoms with E-state index in [1.54, 1.807) is 0 Å². The minimum absolute atomic E-state index is 0. The van der Waals surface area contributed by atoms with Crippen molar-refractivity contribution in [2.45, 2.75) is 51.4 Å². The van der Waals surface area contributed by atoms with Crippen molar-refractivity contribution < 1.29 is 0 Å². The average Bonchev–Trinajstić information content (AvgIpc) is 2.83. The summed E-state index contributed by atoms with van der Waals surface area (Å²) in [6, 6.07) is 0. The number of hydrogen-bond donors (Lipinski definition) is 1. The Morgan fingerprint density at radius 3 is 1.85 bits per heavy atom. The highest BCUT2D eigenvalue weighted by Crippen LogP contribution is 2.10. The van der Waals surface area contributed by atoms with Gasteiger partial charge in [-0.15, -0.1) is 24.0 Å². The molecule has 0 aromatic heterocycles. The Hall–Kier alpha value is -0.0400. The SMILES string of the molecule is I.NC(=NCCN1CCCCCC1)N1CCCCCC1. The molecule has 0 aromatic carbocycles. The van der Waals surface area contributed by atoms with Crippen LogP contribution in [0.3, 0.4) is 0 Å². The molecule has 0 amide bonds. The molecule has 2 heterocycles. The maximum absolute atomic E-state index is 6.12. The summed E-state index contributed by atoms with van der Waals surface area (Å²) in [5.74, 6) is 0.775. The molecule has 0 atom stereocenters. The smallest absolute Gasteiger partial charge is 0.191 e. The number of hydrogen-bond acceptors (Lipinski definition) is 2. The van der Waals surface area contributed by atoms with E-state index in [9.17, 15) is 0 Å². The Balaban J connectivity index is 0.00000200. The second-order valence-electron chi connectivity index (χ2n) is 5.90. The van der Waals surface area contributed by atoms with Crippen LogP contribution in [0.15, 0.2) is 4.99 Å². The minimum Gasteiger partial charge on any atom is -0.370 e. The lowest BCUT2D eigenvalue weighted by atomic mass is 10.2. The molecule has 20 heavy (non-hydrogen) atoms. The van der Waals surface area contributed by atoms with E-state index in [0.717, 1.165) is 32.1 Å². The van der Waals surface area contributed by atoms with Crippen LogP contribution in [-0.4, -0.2) is 55.0 Å². The Labute approximate surface area is 141 Å². The Morgan fingerprint density at radius 1 is 0.800 bits per heavy atom. The number of nitrogens with zero attached hydrogens (tertiary/aromatic N) is 3. The second kappa shape index (κ2) is 10.7. The van der Waals surface area contributed by atoms with Crippen molar-refractivity contribution in [2.75, 3.05) is 39.3 Å². The Bertz CT molecular complexity index is 267. The first kappa shape index (κ1) is 18.0. The summed E-state index contributed by atoms with van der Waals surface area (Å²) in [6.07, 6.45) is 10.7. The molecule has 4 nitrogen and oxygen atoms in total. The zero-order valence-electron chi connectivity index (χ0n) is 12.7. The first-order chi connectivity index (χ1) is 9.36. The number of guanidine groups is 1. The van der Waals surface area contributed by atoms with Gasteiger partial charge in [0.05, 0.1) is 6.54 Å². The van der Waals surface area contributed by atoms with Crippen LogP contribution in [-0.2, 0) is 0 Å². The molecule has 0 aromatic rings. The fourth-order valence-corrected chi connectivity index (χ4v) is 3.07. The molecule has 5 heteroatoms. The first-order valence-electron chi connectivity index (χ1n) is 8.13. The lowest BCUT2D eigenvalue weighted by Gasteiger charge is -2.22. The van der Waals surface area contributed by atoms with E-state index in [4.69, 9.17) is 5.73 Å². The van der Waals surface area contributed by atoms with Crippen LogP contribution < -0.4 is 5.73 Å². The first-order valence-corrected chi connectivity index (χ1v) is 8.13. The van der Waals surface area contributed by atoms with E-state index in [2.05, 4.69) is 14.8 Å². The van der Waals surface area contributed by atoms with Gasteiger partial charge in [-0.25, -0.2) is 0 Å². The molecule has 0 saturated carbocycles. The van der Waals surface area contributed by atoms with Crippen molar-refractivity contribution in [1.82, 2.24) is 9.80 Å². The zero-order valence-corrected chi connectivity index (χ0v) is 15.1. The van der Waals surface area contributed by atoms with Gasteiger partial charge < -0.3 is 15.5 Å². The molecule has 2 fully saturated rings. The minimum atomic E-state index is 0. The molecule has 2 aliphatic heterocycles. The number of nitrogens with two attached hydrogens (primary N) is 1. The quantitative estimate of drug-likeness (QED) is 0.455. The van der Waals surface area contributed by atoms with Gasteiger partial charge in [-0.1, -0.05) is 25.7 Å². The molecule has 0 unspecified atom stereocenters. The summed E-state index contributed by atoms with van der Waals surface area (Å²) in [6.45, 7) is 6.63. The van der Waals surface area contributed by atoms with Crippen LogP contribution in [0.4, 0.5) is 0 Å². The predicted molar refractivity (Wildman–Crippen MR) is 96.9 cm³/mol. The largest absolute Gasteiger partial charge is 0.370 e. The standard InChI is InChI=1S/C15H30N4.HI/c16-15(19-12-7-3-4-8-13-19)17-9-14-18-10-5-1-2-6-11-18;/h1-14H2,(H2,16,17);1H. The maximum atomic E-state index is 6.12. The van der Waals surface area contributed by atoms with Crippen molar-refractivity contribution in [1.29, 1.82) is 0 Å². The van der Waals surface area contributed by atoms with Gasteiger partial charge in [-0.05, 0) is 38.8 Å². The van der Waals surface area contributed by atoms with Gasteiger partial charge in [-0.2, -0.15) is 0 Å². The summed E-state index contributed by atoms with van der Waals surface area (Å²) in [4.78, 5) is 9.41. The lowest BCUT2D eigenvalue weighted by Crippen LogP contribution is -2.38. The third-order valence-electron chi connectivity index (χ3n) is 4.32. The van der Waals surface area contributed by atoms with Crippen molar-refractivity contribution in [3.8, 4) is 0 Å². The molecule has 0 radical (unpaired) electrons. The predicted octanol–water partition coefficient (Wildman–Crippen LogP) is 2.67. The molecule has 118 valence electrons. The van der Waals surface area contributed by atoms with E-state index in [1.807, 2.05) is 0 Å². The number of rotatable bonds is 3. The molecule has 2 rings (SSSR count). The summed E-state index contributed by atoms with van der Waals surface area (Å²) >= 11 is 0. The highest BCUT2D eigenvalue weighted by atomic mass is 127. The van der Waals surface area contributed by atoms with Gasteiger partial charge in [0.2, 0.25) is 0 Å². The fourth-order valence-electron chi connectivity index (χ4n) is 3.07. The van der Waals surface area contributed by atoms with E-state index in [1.165, 1.54) is 64.5 Å². The van der Waals surface area contributed by atoms with Gasteiger partial charge in [-0.3, -0.25) is 4.99 Å². The van der Waals surface area contributed by atoms with Crippen molar-refractivity contribution in [3.05, 3.63) is 0 Å². The van der Waals surface area contributed by atoms with Gasteiger partial charge in [0.25, 0.3) is 0 Å². The summed E-state index contributed by atoms with van der Waals surface area (Å²) < 4.78 is 0. The van der Waals surface area contributed by atoms with Crippen LogP contribution in [0.25, 0.3) is 0 Å². The molecular weight excluding hydrogens is 363 g/mol. The summed E-state index contributed by atoms with van der Waals surface area (Å²) in [7, 11) is 0. The molecule has 2 saturated heterocycles. The molecular formula is C15H31IN4. The van der Waals surface area contributed by atoms with Gasteiger partial charge in [0.1, 0.15) is 0 Å². The second-order valence-corrected chi connectivity index (χ2v) is 5.90. The van der Waals surface area contributed by atoms with Crippen LogP contribution in [0, 0.1) is 0 Å². The van der Waals surface area contributed by atoms with Crippen LogP contribution >= 0.6 is 24.0 Å².